The quantitative estimate of drug-likeness (QED) is 0.492. The molecule has 0 bridgehead atoms. The van der Waals surface area contributed by atoms with Crippen LogP contribution in [0.3, 0.4) is 0 Å². The maximum atomic E-state index is 13.3. The molecule has 7 heteroatoms. The summed E-state index contributed by atoms with van der Waals surface area (Å²) in [7, 11) is 0. The smallest absolute Gasteiger partial charge is 0.326 e. The van der Waals surface area contributed by atoms with Crippen molar-refractivity contribution in [2.75, 3.05) is 0 Å². The fraction of sp³-hybridized carbons (Fsp3) is 0.391. The van der Waals surface area contributed by atoms with Gasteiger partial charge in [0.2, 0.25) is 0 Å². The average molecular weight is 400 g/mol. The number of benzene rings is 1. The molecule has 1 aromatic carbocycles. The highest BCUT2D eigenvalue weighted by Crippen LogP contribution is 2.36. The van der Waals surface area contributed by atoms with Gasteiger partial charge in [0.05, 0.1) is 46.4 Å². The molecular formula is C23H24N6O. The van der Waals surface area contributed by atoms with Crippen LogP contribution in [0.25, 0.3) is 22.1 Å². The zero-order valence-corrected chi connectivity index (χ0v) is 17.2. The summed E-state index contributed by atoms with van der Waals surface area (Å²) in [5.74, 6) is 1.39. The molecule has 5 rings (SSSR count). The van der Waals surface area contributed by atoms with Gasteiger partial charge in [-0.1, -0.05) is 13.8 Å². The van der Waals surface area contributed by atoms with E-state index < -0.39 is 0 Å². The Kier molecular flexibility index (Phi) is 4.43. The molecular weight excluding hydrogens is 376 g/mol. The summed E-state index contributed by atoms with van der Waals surface area (Å²) < 4.78 is 5.89. The molecule has 3 aromatic heterocycles. The van der Waals surface area contributed by atoms with Gasteiger partial charge in [-0.3, -0.25) is 14.1 Å². The second kappa shape index (κ2) is 7.13. The first-order valence-electron chi connectivity index (χ1n) is 10.5. The summed E-state index contributed by atoms with van der Waals surface area (Å²) >= 11 is 0. The fourth-order valence-electron chi connectivity index (χ4n) is 4.11. The van der Waals surface area contributed by atoms with E-state index in [1.807, 2.05) is 28.8 Å². The van der Waals surface area contributed by atoms with Crippen LogP contribution in [-0.4, -0.2) is 23.7 Å². The highest BCUT2D eigenvalue weighted by atomic mass is 16.1. The Morgan fingerprint density at radius 1 is 1.17 bits per heavy atom. The number of hydrogen-bond acceptors (Lipinski definition) is 4. The Bertz CT molecular complexity index is 1350. The number of hydrogen-bond donors (Lipinski definition) is 0. The minimum Gasteiger partial charge on any atom is -0.326 e. The third kappa shape index (κ3) is 3.09. The Morgan fingerprint density at radius 3 is 2.73 bits per heavy atom. The highest BCUT2D eigenvalue weighted by Gasteiger charge is 2.29. The van der Waals surface area contributed by atoms with Crippen molar-refractivity contribution < 1.29 is 0 Å². The second-order valence-electron chi connectivity index (χ2n) is 8.51. The van der Waals surface area contributed by atoms with E-state index in [0.717, 1.165) is 53.7 Å². The molecule has 0 unspecified atom stereocenters. The third-order valence-corrected chi connectivity index (χ3v) is 5.86. The van der Waals surface area contributed by atoms with Crippen LogP contribution in [0.4, 0.5) is 0 Å². The molecule has 1 saturated carbocycles. The first kappa shape index (κ1) is 18.6. The maximum absolute atomic E-state index is 13.3. The van der Waals surface area contributed by atoms with Crippen LogP contribution >= 0.6 is 0 Å². The number of nitrogens with zero attached hydrogens (tertiary/aromatic N) is 6. The number of imidazole rings is 2. The van der Waals surface area contributed by atoms with Gasteiger partial charge in [0.15, 0.2) is 0 Å². The predicted molar refractivity (Wildman–Crippen MR) is 115 cm³/mol. The van der Waals surface area contributed by atoms with E-state index in [4.69, 9.17) is 4.98 Å². The summed E-state index contributed by atoms with van der Waals surface area (Å²) in [5.41, 5.74) is 4.17. The van der Waals surface area contributed by atoms with Crippen molar-refractivity contribution in [1.29, 1.82) is 5.26 Å². The van der Waals surface area contributed by atoms with Crippen molar-refractivity contribution in [3.63, 3.8) is 0 Å². The fourth-order valence-corrected chi connectivity index (χ4v) is 4.11. The van der Waals surface area contributed by atoms with Crippen molar-refractivity contribution in [1.82, 2.24) is 23.7 Å². The first-order valence-corrected chi connectivity index (χ1v) is 10.5. The molecule has 152 valence electrons. The normalized spacial score (nSPS) is 14.1. The number of aryl methyl sites for hydroxylation is 1. The summed E-state index contributed by atoms with van der Waals surface area (Å²) in [6.45, 7) is 5.61. The van der Waals surface area contributed by atoms with Crippen LogP contribution in [0.5, 0.6) is 0 Å². The van der Waals surface area contributed by atoms with Crippen LogP contribution < -0.4 is 5.69 Å². The minimum atomic E-state index is 0.000629. The molecule has 30 heavy (non-hydrogen) atoms. The molecule has 4 aromatic rings. The van der Waals surface area contributed by atoms with E-state index in [1.165, 1.54) is 0 Å². The van der Waals surface area contributed by atoms with Gasteiger partial charge in [-0.15, -0.1) is 0 Å². The van der Waals surface area contributed by atoms with Gasteiger partial charge in [-0.2, -0.15) is 5.26 Å². The van der Waals surface area contributed by atoms with Crippen molar-refractivity contribution in [2.45, 2.75) is 52.2 Å². The molecule has 3 heterocycles. The number of aromatic nitrogens is 5. The molecule has 1 fully saturated rings. The minimum absolute atomic E-state index is 0.000629. The highest BCUT2D eigenvalue weighted by molar-refractivity contribution is 5.78. The Morgan fingerprint density at radius 2 is 2.00 bits per heavy atom. The van der Waals surface area contributed by atoms with Crippen molar-refractivity contribution in [3.05, 3.63) is 58.5 Å². The topological polar surface area (TPSA) is 81.4 Å². The van der Waals surface area contributed by atoms with Crippen LogP contribution in [-0.2, 0) is 13.1 Å². The number of nitriles is 1. The second-order valence-corrected chi connectivity index (χ2v) is 8.51. The Hall–Kier alpha value is -3.40. The summed E-state index contributed by atoms with van der Waals surface area (Å²) in [4.78, 5) is 22.4. The summed E-state index contributed by atoms with van der Waals surface area (Å²) in [6, 6.07) is 10.0. The van der Waals surface area contributed by atoms with E-state index in [-0.39, 0.29) is 5.69 Å². The standard InChI is InChI=1S/C23H24N6O/c1-15(2)8-10-27-19-6-3-16(12-24)11-18(19)26-22(27)14-28-21-13-25-9-7-20(21)29(23(28)30)17-4-5-17/h3,6-7,9,11,13,15,17H,4-5,8,10,14H2,1-2H3. The predicted octanol–water partition coefficient (Wildman–Crippen LogP) is 3.85. The molecule has 0 N–H and O–H groups in total. The van der Waals surface area contributed by atoms with Crippen LogP contribution in [0.15, 0.2) is 41.5 Å². The van der Waals surface area contributed by atoms with E-state index in [0.29, 0.717) is 24.1 Å². The molecule has 0 radical (unpaired) electrons. The molecule has 7 nitrogen and oxygen atoms in total. The van der Waals surface area contributed by atoms with Gasteiger partial charge in [-0.05, 0) is 49.4 Å². The van der Waals surface area contributed by atoms with Crippen LogP contribution in [0.2, 0.25) is 0 Å². The monoisotopic (exact) mass is 400 g/mol. The van der Waals surface area contributed by atoms with E-state index >= 15 is 0 Å². The van der Waals surface area contributed by atoms with Crippen molar-refractivity contribution in [3.8, 4) is 6.07 Å². The van der Waals surface area contributed by atoms with Gasteiger partial charge in [0.1, 0.15) is 5.82 Å². The largest absolute Gasteiger partial charge is 0.329 e. The van der Waals surface area contributed by atoms with Gasteiger partial charge in [0.25, 0.3) is 0 Å². The van der Waals surface area contributed by atoms with Crippen molar-refractivity contribution in [2.24, 2.45) is 5.92 Å². The van der Waals surface area contributed by atoms with Crippen LogP contribution in [0.1, 0.15) is 50.5 Å². The SMILES string of the molecule is CC(C)CCn1c(Cn2c(=O)n(C3CC3)c3ccncc32)nc2cc(C#N)ccc21. The van der Waals surface area contributed by atoms with Gasteiger partial charge >= 0.3 is 5.69 Å². The summed E-state index contributed by atoms with van der Waals surface area (Å²) in [6.07, 6.45) is 6.62. The summed E-state index contributed by atoms with van der Waals surface area (Å²) in [5, 5.41) is 9.26. The Balaban J connectivity index is 1.65. The number of pyridine rings is 1. The maximum Gasteiger partial charge on any atom is 0.329 e. The van der Waals surface area contributed by atoms with E-state index in [2.05, 4.69) is 29.5 Å². The van der Waals surface area contributed by atoms with Gasteiger partial charge in [0, 0.05) is 18.8 Å². The van der Waals surface area contributed by atoms with Gasteiger partial charge < -0.3 is 4.57 Å². The zero-order valence-electron chi connectivity index (χ0n) is 17.2. The molecule has 0 amide bonds. The lowest BCUT2D eigenvalue weighted by Gasteiger charge is -2.11. The third-order valence-electron chi connectivity index (χ3n) is 5.86. The molecule has 1 aliphatic rings. The van der Waals surface area contributed by atoms with Crippen molar-refractivity contribution >= 4 is 22.1 Å². The molecule has 0 aliphatic heterocycles. The van der Waals surface area contributed by atoms with Crippen LogP contribution in [0, 0.1) is 17.2 Å². The lowest BCUT2D eigenvalue weighted by atomic mass is 10.1. The molecule has 0 atom stereocenters. The number of rotatable bonds is 6. The van der Waals surface area contributed by atoms with E-state index in [1.54, 1.807) is 17.0 Å². The Labute approximate surface area is 174 Å². The zero-order chi connectivity index (χ0) is 20.8. The molecule has 1 aliphatic carbocycles. The number of fused-ring (bicyclic) bond motifs is 2. The lowest BCUT2D eigenvalue weighted by molar-refractivity contribution is 0.506. The molecule has 0 saturated heterocycles. The molecule has 0 spiro atoms. The lowest BCUT2D eigenvalue weighted by Crippen LogP contribution is -2.25. The average Bonchev–Trinajstić information content (AvgIpc) is 3.46. The van der Waals surface area contributed by atoms with E-state index in [9.17, 15) is 10.1 Å². The first-order chi connectivity index (χ1) is 14.6. The van der Waals surface area contributed by atoms with Gasteiger partial charge in [-0.25, -0.2) is 9.78 Å².